The molecular weight excluding hydrogens is 374 g/mol. The lowest BCUT2D eigenvalue weighted by molar-refractivity contribution is -0.120. The van der Waals surface area contributed by atoms with E-state index in [0.29, 0.717) is 23.4 Å². The first-order valence-corrected chi connectivity index (χ1v) is 10.1. The van der Waals surface area contributed by atoms with Gasteiger partial charge in [0, 0.05) is 11.7 Å². The number of pyridine rings is 1. The smallest absolute Gasteiger partial charge is 0.332 e. The molecule has 0 unspecified atom stereocenters. The summed E-state index contributed by atoms with van der Waals surface area (Å²) in [7, 11) is 0. The van der Waals surface area contributed by atoms with Crippen molar-refractivity contribution in [1.29, 1.82) is 0 Å². The maximum Gasteiger partial charge on any atom is 0.442 e. The van der Waals surface area contributed by atoms with Gasteiger partial charge in [-0.15, -0.1) is 0 Å². The standard InChI is InChI=1S/C20H23N5O4/c26-16(11-25-17(24-29-19(25)28)15-3-1-2-4-21-15)22-18(27)23-20-8-12-5-13(9-20)7-14(6-12)10-20/h1-4,12-14H,5-11H2,(H2,22,23,26,27). The first kappa shape index (κ1) is 18.1. The van der Waals surface area contributed by atoms with Crippen molar-refractivity contribution in [3.63, 3.8) is 0 Å². The van der Waals surface area contributed by atoms with Gasteiger partial charge in [-0.2, -0.15) is 0 Å². The molecular formula is C20H23N5O4. The molecule has 9 nitrogen and oxygen atoms in total. The molecule has 0 radical (unpaired) electrons. The molecule has 4 aliphatic carbocycles. The molecule has 9 heteroatoms. The van der Waals surface area contributed by atoms with E-state index in [-0.39, 0.29) is 17.9 Å². The van der Waals surface area contributed by atoms with Crippen LogP contribution in [0.15, 0.2) is 33.7 Å². The van der Waals surface area contributed by atoms with Crippen molar-refractivity contribution in [1.82, 2.24) is 25.3 Å². The van der Waals surface area contributed by atoms with Crippen LogP contribution in [0.2, 0.25) is 0 Å². The molecule has 29 heavy (non-hydrogen) atoms. The van der Waals surface area contributed by atoms with Crippen LogP contribution in [0.1, 0.15) is 38.5 Å². The van der Waals surface area contributed by atoms with Crippen molar-refractivity contribution in [2.75, 3.05) is 0 Å². The minimum Gasteiger partial charge on any atom is -0.332 e. The molecule has 3 amide bonds. The maximum atomic E-state index is 12.5. The lowest BCUT2D eigenvalue weighted by atomic mass is 9.53. The summed E-state index contributed by atoms with van der Waals surface area (Å²) in [6.07, 6.45) is 8.36. The number of rotatable bonds is 4. The van der Waals surface area contributed by atoms with Crippen LogP contribution in [0.5, 0.6) is 0 Å². The van der Waals surface area contributed by atoms with Crippen LogP contribution in [-0.2, 0) is 11.3 Å². The predicted molar refractivity (Wildman–Crippen MR) is 102 cm³/mol. The number of nitrogens with zero attached hydrogens (tertiary/aromatic N) is 3. The zero-order valence-electron chi connectivity index (χ0n) is 16.0. The average Bonchev–Trinajstić information content (AvgIpc) is 3.01. The number of hydrogen-bond donors (Lipinski definition) is 2. The number of aromatic nitrogens is 3. The summed E-state index contributed by atoms with van der Waals surface area (Å²) in [6, 6.07) is 4.63. The van der Waals surface area contributed by atoms with E-state index in [4.69, 9.17) is 0 Å². The van der Waals surface area contributed by atoms with E-state index in [2.05, 4.69) is 25.3 Å². The van der Waals surface area contributed by atoms with Gasteiger partial charge in [-0.3, -0.25) is 19.6 Å². The van der Waals surface area contributed by atoms with E-state index in [1.807, 2.05) is 0 Å². The highest BCUT2D eigenvalue weighted by molar-refractivity contribution is 5.94. The Balaban J connectivity index is 1.25. The molecule has 2 aromatic heterocycles. The highest BCUT2D eigenvalue weighted by Crippen LogP contribution is 2.55. The van der Waals surface area contributed by atoms with Crippen LogP contribution < -0.4 is 16.4 Å². The molecule has 4 aliphatic rings. The lowest BCUT2D eigenvalue weighted by Gasteiger charge is -2.56. The molecule has 4 saturated carbocycles. The normalized spacial score (nSPS) is 29.6. The monoisotopic (exact) mass is 397 g/mol. The second-order valence-electron chi connectivity index (χ2n) is 8.77. The third-order valence-corrected chi connectivity index (χ3v) is 6.55. The summed E-state index contributed by atoms with van der Waals surface area (Å²) in [6.45, 7) is -0.372. The van der Waals surface area contributed by atoms with Crippen LogP contribution in [0, 0.1) is 17.8 Å². The van der Waals surface area contributed by atoms with Crippen molar-refractivity contribution in [3.8, 4) is 11.5 Å². The van der Waals surface area contributed by atoms with Crippen molar-refractivity contribution in [3.05, 3.63) is 34.9 Å². The van der Waals surface area contributed by atoms with Crippen LogP contribution in [0.3, 0.4) is 0 Å². The van der Waals surface area contributed by atoms with Crippen molar-refractivity contribution in [2.24, 2.45) is 17.8 Å². The molecule has 4 fully saturated rings. The molecule has 2 heterocycles. The summed E-state index contributed by atoms with van der Waals surface area (Å²) in [5, 5.41) is 9.14. The number of nitrogens with one attached hydrogen (secondary N) is 2. The topological polar surface area (TPSA) is 119 Å². The van der Waals surface area contributed by atoms with Gasteiger partial charge in [0.25, 0.3) is 0 Å². The quantitative estimate of drug-likeness (QED) is 0.810. The summed E-state index contributed by atoms with van der Waals surface area (Å²) in [5.74, 6) is 0.834. The van der Waals surface area contributed by atoms with Gasteiger partial charge in [0.2, 0.25) is 11.7 Å². The number of carbonyl (C=O) groups is 2. The van der Waals surface area contributed by atoms with Gasteiger partial charge < -0.3 is 5.32 Å². The van der Waals surface area contributed by atoms with Gasteiger partial charge in [0.15, 0.2) is 0 Å². The third kappa shape index (κ3) is 3.45. The Morgan fingerprint density at radius 1 is 1.14 bits per heavy atom. The first-order chi connectivity index (χ1) is 14.0. The largest absolute Gasteiger partial charge is 0.442 e. The lowest BCUT2D eigenvalue weighted by Crippen LogP contribution is -2.62. The van der Waals surface area contributed by atoms with Crippen molar-refractivity contribution >= 4 is 11.9 Å². The Hall–Kier alpha value is -2.97. The maximum absolute atomic E-state index is 12.5. The molecule has 6 rings (SSSR count). The number of urea groups is 1. The van der Waals surface area contributed by atoms with Gasteiger partial charge in [-0.05, 0) is 68.4 Å². The van der Waals surface area contributed by atoms with Gasteiger partial charge in [-0.1, -0.05) is 11.2 Å². The molecule has 0 saturated heterocycles. The third-order valence-electron chi connectivity index (χ3n) is 6.55. The Bertz CT molecular complexity index is 961. The second kappa shape index (κ2) is 6.82. The molecule has 0 aliphatic heterocycles. The Morgan fingerprint density at radius 2 is 1.83 bits per heavy atom. The average molecular weight is 397 g/mol. The predicted octanol–water partition coefficient (Wildman–Crippen LogP) is 1.69. The Morgan fingerprint density at radius 3 is 2.45 bits per heavy atom. The highest BCUT2D eigenvalue weighted by atomic mass is 16.5. The van der Waals surface area contributed by atoms with Gasteiger partial charge in [0.1, 0.15) is 12.2 Å². The number of carbonyl (C=O) groups excluding carboxylic acids is 2. The van der Waals surface area contributed by atoms with Crippen LogP contribution in [0.25, 0.3) is 11.5 Å². The second-order valence-corrected chi connectivity index (χ2v) is 8.77. The van der Waals surface area contributed by atoms with E-state index in [9.17, 15) is 14.4 Å². The molecule has 0 spiro atoms. The fourth-order valence-corrected chi connectivity index (χ4v) is 5.93. The fourth-order valence-electron chi connectivity index (χ4n) is 5.93. The summed E-state index contributed by atoms with van der Waals surface area (Å²) >= 11 is 0. The number of hydrogen-bond acceptors (Lipinski definition) is 6. The van der Waals surface area contributed by atoms with Crippen LogP contribution in [0.4, 0.5) is 4.79 Å². The summed E-state index contributed by atoms with van der Waals surface area (Å²) in [5.41, 5.74) is 0.218. The van der Waals surface area contributed by atoms with E-state index < -0.39 is 17.7 Å². The summed E-state index contributed by atoms with van der Waals surface area (Å²) < 4.78 is 5.75. The first-order valence-electron chi connectivity index (χ1n) is 10.1. The fraction of sp³-hybridized carbons (Fsp3) is 0.550. The summed E-state index contributed by atoms with van der Waals surface area (Å²) in [4.78, 5) is 41.0. The molecule has 4 bridgehead atoms. The molecule has 2 N–H and O–H groups in total. The molecule has 0 atom stereocenters. The van der Waals surface area contributed by atoms with Crippen LogP contribution in [-0.4, -0.2) is 32.2 Å². The van der Waals surface area contributed by atoms with E-state index in [1.54, 1.807) is 24.4 Å². The van der Waals surface area contributed by atoms with E-state index in [0.717, 1.165) is 23.8 Å². The zero-order valence-corrected chi connectivity index (χ0v) is 16.0. The van der Waals surface area contributed by atoms with E-state index in [1.165, 1.54) is 19.3 Å². The van der Waals surface area contributed by atoms with Gasteiger partial charge >= 0.3 is 11.8 Å². The molecule has 0 aromatic carbocycles. The van der Waals surface area contributed by atoms with E-state index >= 15 is 0 Å². The van der Waals surface area contributed by atoms with Crippen molar-refractivity contribution in [2.45, 2.75) is 50.6 Å². The van der Waals surface area contributed by atoms with Crippen LogP contribution >= 0.6 is 0 Å². The van der Waals surface area contributed by atoms with Crippen molar-refractivity contribution < 1.29 is 14.1 Å². The molecule has 2 aromatic rings. The zero-order chi connectivity index (χ0) is 20.0. The SMILES string of the molecule is O=C(Cn1c(-c2ccccn2)noc1=O)NC(=O)NC12CC3CC(CC(C3)C1)C2. The minimum absolute atomic E-state index is 0.146. The van der Waals surface area contributed by atoms with Gasteiger partial charge in [0.05, 0.1) is 0 Å². The Kier molecular flexibility index (Phi) is 4.25. The Labute approximate surface area is 166 Å². The minimum atomic E-state index is -0.776. The number of imide groups is 1. The molecule has 152 valence electrons. The highest BCUT2D eigenvalue weighted by Gasteiger charge is 2.51. The van der Waals surface area contributed by atoms with Gasteiger partial charge in [-0.25, -0.2) is 14.2 Å². The number of amides is 3.